The first-order valence-electron chi connectivity index (χ1n) is 9.86. The smallest absolute Gasteiger partial charge is 0.248 e. The number of hydrogen-bond donors (Lipinski definition) is 3. The van der Waals surface area contributed by atoms with Gasteiger partial charge in [-0.2, -0.15) is 0 Å². The first kappa shape index (κ1) is 22.5. The lowest BCUT2D eigenvalue weighted by atomic mass is 10.1. The van der Waals surface area contributed by atoms with Gasteiger partial charge >= 0.3 is 0 Å². The molecule has 3 rings (SSSR count). The van der Waals surface area contributed by atoms with E-state index in [-0.39, 0.29) is 5.91 Å². The van der Waals surface area contributed by atoms with Gasteiger partial charge in [0.1, 0.15) is 5.82 Å². The number of amides is 1. The molecule has 32 heavy (non-hydrogen) atoms. The Morgan fingerprint density at radius 2 is 1.75 bits per heavy atom. The van der Waals surface area contributed by atoms with Crippen molar-refractivity contribution in [3.05, 3.63) is 71.9 Å². The molecule has 1 aromatic heterocycles. The van der Waals surface area contributed by atoms with Crippen molar-refractivity contribution in [2.75, 3.05) is 37.7 Å². The van der Waals surface area contributed by atoms with Crippen LogP contribution >= 0.6 is 0 Å². The van der Waals surface area contributed by atoms with Crippen molar-refractivity contribution in [3.8, 4) is 17.2 Å². The van der Waals surface area contributed by atoms with Crippen molar-refractivity contribution in [2.24, 2.45) is 0 Å². The molecule has 0 bridgehead atoms. The Bertz CT molecular complexity index is 1070. The molecule has 4 N–H and O–H groups in total. The van der Waals surface area contributed by atoms with E-state index >= 15 is 0 Å². The SMILES string of the molecule is COc1cc(CNc2ccc(/C=C\C(=O)Nc3ccccc3N)cn2)cc(OC)c1OC. The van der Waals surface area contributed by atoms with E-state index in [9.17, 15) is 4.79 Å². The van der Waals surface area contributed by atoms with Crippen LogP contribution in [0.4, 0.5) is 17.2 Å². The fourth-order valence-corrected chi connectivity index (χ4v) is 3.00. The Morgan fingerprint density at radius 3 is 2.34 bits per heavy atom. The first-order valence-corrected chi connectivity index (χ1v) is 9.86. The molecule has 0 unspecified atom stereocenters. The summed E-state index contributed by atoms with van der Waals surface area (Å²) in [6, 6.07) is 14.6. The molecule has 0 saturated heterocycles. The van der Waals surface area contributed by atoms with Crippen LogP contribution in [0.2, 0.25) is 0 Å². The van der Waals surface area contributed by atoms with Gasteiger partial charge in [0.05, 0.1) is 32.7 Å². The zero-order valence-electron chi connectivity index (χ0n) is 18.2. The average Bonchev–Trinajstić information content (AvgIpc) is 2.82. The van der Waals surface area contributed by atoms with E-state index in [1.165, 1.54) is 6.08 Å². The van der Waals surface area contributed by atoms with E-state index in [0.29, 0.717) is 41.0 Å². The number of nitrogens with two attached hydrogens (primary N) is 1. The monoisotopic (exact) mass is 434 g/mol. The molecular formula is C24H26N4O4. The highest BCUT2D eigenvalue weighted by molar-refractivity contribution is 6.03. The third-order valence-corrected chi connectivity index (χ3v) is 4.63. The lowest BCUT2D eigenvalue weighted by molar-refractivity contribution is -0.111. The van der Waals surface area contributed by atoms with Gasteiger partial charge in [-0.15, -0.1) is 0 Å². The van der Waals surface area contributed by atoms with Gasteiger partial charge in [-0.25, -0.2) is 4.98 Å². The lowest BCUT2D eigenvalue weighted by Crippen LogP contribution is -2.09. The molecule has 8 heteroatoms. The molecule has 1 amide bonds. The largest absolute Gasteiger partial charge is 0.493 e. The van der Waals surface area contributed by atoms with Crippen molar-refractivity contribution < 1.29 is 19.0 Å². The highest BCUT2D eigenvalue weighted by Gasteiger charge is 2.13. The van der Waals surface area contributed by atoms with Crippen LogP contribution in [0.1, 0.15) is 11.1 Å². The van der Waals surface area contributed by atoms with Crippen molar-refractivity contribution in [3.63, 3.8) is 0 Å². The number of anilines is 3. The highest BCUT2D eigenvalue weighted by atomic mass is 16.5. The Hall–Kier alpha value is -4.20. The average molecular weight is 434 g/mol. The molecule has 0 fully saturated rings. The number of nitrogen functional groups attached to an aromatic ring is 1. The van der Waals surface area contributed by atoms with E-state index in [1.54, 1.807) is 45.7 Å². The second kappa shape index (κ2) is 10.7. The van der Waals surface area contributed by atoms with Crippen molar-refractivity contribution >= 4 is 29.2 Å². The first-order chi connectivity index (χ1) is 15.5. The maximum absolute atomic E-state index is 12.1. The third kappa shape index (κ3) is 5.69. The quantitative estimate of drug-likeness (QED) is 0.346. The van der Waals surface area contributed by atoms with Crippen LogP contribution in [0.5, 0.6) is 17.2 Å². The number of ether oxygens (including phenoxy) is 3. The second-order valence-corrected chi connectivity index (χ2v) is 6.77. The molecule has 166 valence electrons. The zero-order chi connectivity index (χ0) is 22.9. The Balaban J connectivity index is 1.60. The number of rotatable bonds is 9. The fraction of sp³-hybridized carbons (Fsp3) is 0.167. The van der Waals surface area contributed by atoms with Gasteiger partial charge in [0, 0.05) is 18.8 Å². The third-order valence-electron chi connectivity index (χ3n) is 4.63. The minimum atomic E-state index is -0.271. The number of pyridine rings is 1. The number of aromatic nitrogens is 1. The minimum Gasteiger partial charge on any atom is -0.493 e. The molecule has 2 aromatic carbocycles. The topological polar surface area (TPSA) is 108 Å². The van der Waals surface area contributed by atoms with Crippen LogP contribution in [0, 0.1) is 0 Å². The number of nitrogens with zero attached hydrogens (tertiary/aromatic N) is 1. The number of hydrogen-bond acceptors (Lipinski definition) is 7. The maximum atomic E-state index is 12.1. The van der Waals surface area contributed by atoms with E-state index in [1.807, 2.05) is 36.4 Å². The van der Waals surface area contributed by atoms with E-state index in [0.717, 1.165) is 11.1 Å². The summed E-state index contributed by atoms with van der Waals surface area (Å²) in [7, 11) is 4.73. The van der Waals surface area contributed by atoms with Gasteiger partial charge in [-0.05, 0) is 53.6 Å². The predicted octanol–water partition coefficient (Wildman–Crippen LogP) is 3.95. The molecule has 3 aromatic rings. The summed E-state index contributed by atoms with van der Waals surface area (Å²) < 4.78 is 16.1. The van der Waals surface area contributed by atoms with Gasteiger partial charge in [-0.3, -0.25) is 4.79 Å². The highest BCUT2D eigenvalue weighted by Crippen LogP contribution is 2.38. The number of carbonyl (C=O) groups is 1. The van der Waals surface area contributed by atoms with Crippen LogP contribution in [0.15, 0.2) is 60.8 Å². The van der Waals surface area contributed by atoms with E-state index in [4.69, 9.17) is 19.9 Å². The number of methoxy groups -OCH3 is 3. The molecule has 0 radical (unpaired) electrons. The molecule has 0 aliphatic carbocycles. The van der Waals surface area contributed by atoms with E-state index < -0.39 is 0 Å². The summed E-state index contributed by atoms with van der Waals surface area (Å²) in [5, 5.41) is 6.00. The number of para-hydroxylation sites is 2. The summed E-state index contributed by atoms with van der Waals surface area (Å²) in [5.41, 5.74) is 8.66. The normalized spacial score (nSPS) is 10.6. The Labute approximate surface area is 187 Å². The minimum absolute atomic E-state index is 0.271. The van der Waals surface area contributed by atoms with Crippen molar-refractivity contribution in [1.82, 2.24) is 4.98 Å². The van der Waals surface area contributed by atoms with Crippen LogP contribution < -0.4 is 30.6 Å². The van der Waals surface area contributed by atoms with Crippen molar-refractivity contribution in [2.45, 2.75) is 6.54 Å². The van der Waals surface area contributed by atoms with Crippen molar-refractivity contribution in [1.29, 1.82) is 0 Å². The summed E-state index contributed by atoms with van der Waals surface area (Å²) in [4.78, 5) is 16.5. The van der Waals surface area contributed by atoms with Gasteiger partial charge < -0.3 is 30.6 Å². The van der Waals surface area contributed by atoms with Crippen LogP contribution in [-0.2, 0) is 11.3 Å². The molecule has 0 spiro atoms. The van der Waals surface area contributed by atoms with Gasteiger partial charge in [0.2, 0.25) is 11.7 Å². The molecule has 0 aliphatic rings. The van der Waals surface area contributed by atoms with Gasteiger partial charge in [0.25, 0.3) is 0 Å². The lowest BCUT2D eigenvalue weighted by Gasteiger charge is -2.14. The predicted molar refractivity (Wildman–Crippen MR) is 126 cm³/mol. The maximum Gasteiger partial charge on any atom is 0.248 e. The summed E-state index contributed by atoms with van der Waals surface area (Å²) in [6.45, 7) is 0.514. The second-order valence-electron chi connectivity index (χ2n) is 6.77. The number of nitrogens with one attached hydrogen (secondary N) is 2. The standard InChI is InChI=1S/C24H26N4O4/c1-30-20-12-17(13-21(31-2)24(20)32-3)15-27-22-10-8-16(14-26-22)9-11-23(29)28-19-7-5-4-6-18(19)25/h4-14H,15,25H2,1-3H3,(H,26,27)(H,28,29)/b11-9-. The number of benzene rings is 2. The molecular weight excluding hydrogens is 408 g/mol. The molecule has 0 saturated carbocycles. The summed E-state index contributed by atoms with van der Waals surface area (Å²) in [6.07, 6.45) is 4.80. The van der Waals surface area contributed by atoms with Crippen LogP contribution in [0.3, 0.4) is 0 Å². The van der Waals surface area contributed by atoms with Gasteiger partial charge in [-0.1, -0.05) is 12.1 Å². The summed E-state index contributed by atoms with van der Waals surface area (Å²) >= 11 is 0. The number of carbonyl (C=O) groups excluding carboxylic acids is 1. The van der Waals surface area contributed by atoms with E-state index in [2.05, 4.69) is 15.6 Å². The fourth-order valence-electron chi connectivity index (χ4n) is 3.00. The summed E-state index contributed by atoms with van der Waals surface area (Å²) in [5.74, 6) is 2.15. The Kier molecular flexibility index (Phi) is 7.53. The van der Waals surface area contributed by atoms with Crippen LogP contribution in [0.25, 0.3) is 6.08 Å². The zero-order valence-corrected chi connectivity index (χ0v) is 18.2. The Morgan fingerprint density at radius 1 is 1.03 bits per heavy atom. The van der Waals surface area contributed by atoms with Gasteiger partial charge in [0.15, 0.2) is 11.5 Å². The molecule has 0 aliphatic heterocycles. The molecule has 0 atom stereocenters. The molecule has 8 nitrogen and oxygen atoms in total. The molecule has 1 heterocycles. The van der Waals surface area contributed by atoms with Crippen LogP contribution in [-0.4, -0.2) is 32.2 Å².